The molecule has 3 aromatic rings. The summed E-state index contributed by atoms with van der Waals surface area (Å²) in [7, 11) is 1.56. The fourth-order valence-corrected chi connectivity index (χ4v) is 4.75. The molecule has 0 aliphatic carbocycles. The lowest BCUT2D eigenvalue weighted by atomic mass is 10.0. The van der Waals surface area contributed by atoms with Crippen LogP contribution in [0.1, 0.15) is 30.0 Å². The number of aromatic nitrogens is 2. The Hall–Kier alpha value is -3.72. The van der Waals surface area contributed by atoms with Gasteiger partial charge in [0.05, 0.1) is 31.3 Å². The minimum Gasteiger partial charge on any atom is -0.496 e. The second kappa shape index (κ2) is 9.50. The van der Waals surface area contributed by atoms with Gasteiger partial charge < -0.3 is 20.3 Å². The Kier molecular flexibility index (Phi) is 6.25. The van der Waals surface area contributed by atoms with Crippen LogP contribution in [-0.4, -0.2) is 70.5 Å². The van der Waals surface area contributed by atoms with Crippen molar-refractivity contribution in [2.75, 3.05) is 32.1 Å². The molecule has 2 aliphatic rings. The molecular formula is C26H30N6O3. The Morgan fingerprint density at radius 1 is 1.06 bits per heavy atom. The number of nitrogens with one attached hydrogen (secondary N) is 2. The van der Waals surface area contributed by atoms with Crippen molar-refractivity contribution in [2.24, 2.45) is 5.92 Å². The van der Waals surface area contributed by atoms with Crippen LogP contribution in [0.2, 0.25) is 0 Å². The van der Waals surface area contributed by atoms with Crippen molar-refractivity contribution in [1.29, 1.82) is 0 Å². The number of rotatable bonds is 3. The van der Waals surface area contributed by atoms with Gasteiger partial charge in [0.25, 0.3) is 5.91 Å². The molecule has 182 valence electrons. The van der Waals surface area contributed by atoms with Gasteiger partial charge in [0.1, 0.15) is 29.6 Å². The first kappa shape index (κ1) is 23.0. The standard InChI is InChI=1S/C26H30N6O3/c1-16(2)23-25(33)29-22-15-32(26(34)18-9-5-7-11-20(18)35-3)13-12-31(22)14-21-27-19-10-6-4-8-17(19)24(28-21)30-23/h4-11,16,22-23H,12-15H2,1-3H3,(H,29,33)(H,27,28,30)/t22?,23-/m0/s1. The van der Waals surface area contributed by atoms with E-state index in [0.29, 0.717) is 49.1 Å². The number of fused-ring (bicyclic) bond motifs is 5. The van der Waals surface area contributed by atoms with Gasteiger partial charge in [0.15, 0.2) is 0 Å². The number of amides is 2. The minimum atomic E-state index is -0.485. The quantitative estimate of drug-likeness (QED) is 0.602. The van der Waals surface area contributed by atoms with Gasteiger partial charge in [0.2, 0.25) is 5.91 Å². The first-order valence-corrected chi connectivity index (χ1v) is 11.9. The van der Waals surface area contributed by atoms with E-state index in [2.05, 4.69) is 15.5 Å². The molecule has 0 spiro atoms. The topological polar surface area (TPSA) is 99.7 Å². The minimum absolute atomic E-state index is 0.0231. The summed E-state index contributed by atoms with van der Waals surface area (Å²) in [5, 5.41) is 7.45. The largest absolute Gasteiger partial charge is 0.496 e. The first-order chi connectivity index (χ1) is 16.9. The van der Waals surface area contributed by atoms with Gasteiger partial charge in [-0.15, -0.1) is 0 Å². The fraction of sp³-hybridized carbons (Fsp3) is 0.385. The van der Waals surface area contributed by atoms with Gasteiger partial charge in [-0.05, 0) is 30.2 Å². The Bertz CT molecular complexity index is 1260. The van der Waals surface area contributed by atoms with E-state index in [1.54, 1.807) is 24.1 Å². The van der Waals surface area contributed by atoms with Crippen molar-refractivity contribution >= 4 is 28.5 Å². The molecule has 1 fully saturated rings. The molecule has 35 heavy (non-hydrogen) atoms. The Labute approximate surface area is 204 Å². The predicted octanol–water partition coefficient (Wildman–Crippen LogP) is 2.49. The van der Waals surface area contributed by atoms with Gasteiger partial charge in [0, 0.05) is 18.5 Å². The van der Waals surface area contributed by atoms with Gasteiger partial charge in [-0.1, -0.05) is 38.1 Å². The highest BCUT2D eigenvalue weighted by Gasteiger charge is 2.35. The number of hydrogen-bond donors (Lipinski definition) is 2. The van der Waals surface area contributed by atoms with E-state index in [-0.39, 0.29) is 23.9 Å². The summed E-state index contributed by atoms with van der Waals surface area (Å²) in [5.74, 6) is 1.68. The number of para-hydroxylation sites is 2. The van der Waals surface area contributed by atoms with Crippen molar-refractivity contribution < 1.29 is 14.3 Å². The highest BCUT2D eigenvalue weighted by atomic mass is 16.5. The van der Waals surface area contributed by atoms with Crippen molar-refractivity contribution in [3.63, 3.8) is 0 Å². The second-order valence-corrected chi connectivity index (χ2v) is 9.32. The molecule has 9 nitrogen and oxygen atoms in total. The van der Waals surface area contributed by atoms with E-state index in [4.69, 9.17) is 14.7 Å². The van der Waals surface area contributed by atoms with E-state index in [1.165, 1.54) is 0 Å². The Morgan fingerprint density at radius 3 is 2.63 bits per heavy atom. The van der Waals surface area contributed by atoms with Gasteiger partial charge in [-0.3, -0.25) is 14.5 Å². The molecule has 0 radical (unpaired) electrons. The Balaban J connectivity index is 1.48. The first-order valence-electron chi connectivity index (χ1n) is 11.9. The molecule has 5 rings (SSSR count). The molecule has 2 aromatic carbocycles. The number of carbonyl (C=O) groups excluding carboxylic acids is 2. The maximum atomic E-state index is 13.4. The Morgan fingerprint density at radius 2 is 1.83 bits per heavy atom. The highest BCUT2D eigenvalue weighted by molar-refractivity contribution is 5.97. The zero-order chi connectivity index (χ0) is 24.5. The van der Waals surface area contributed by atoms with Crippen LogP contribution in [0.3, 0.4) is 0 Å². The molecule has 9 heteroatoms. The summed E-state index contributed by atoms with van der Waals surface area (Å²) in [6.45, 7) is 5.93. The fourth-order valence-electron chi connectivity index (χ4n) is 4.75. The van der Waals surface area contributed by atoms with Crippen LogP contribution in [0, 0.1) is 5.92 Å². The molecule has 0 saturated carbocycles. The van der Waals surface area contributed by atoms with E-state index in [1.807, 2.05) is 50.2 Å². The van der Waals surface area contributed by atoms with Crippen molar-refractivity contribution in [3.8, 4) is 5.75 Å². The van der Waals surface area contributed by atoms with Crippen LogP contribution >= 0.6 is 0 Å². The summed E-state index contributed by atoms with van der Waals surface area (Å²) in [5.41, 5.74) is 1.35. The zero-order valence-corrected chi connectivity index (χ0v) is 20.2. The van der Waals surface area contributed by atoms with Crippen LogP contribution in [0.25, 0.3) is 10.9 Å². The third-order valence-electron chi connectivity index (χ3n) is 6.66. The predicted molar refractivity (Wildman–Crippen MR) is 133 cm³/mol. The van der Waals surface area contributed by atoms with Gasteiger partial charge in [-0.25, -0.2) is 9.97 Å². The summed E-state index contributed by atoms with van der Waals surface area (Å²) < 4.78 is 5.40. The van der Waals surface area contributed by atoms with Crippen LogP contribution in [0.15, 0.2) is 48.5 Å². The number of benzene rings is 2. The number of methoxy groups -OCH3 is 1. The number of hydrogen-bond acceptors (Lipinski definition) is 7. The molecule has 2 aliphatic heterocycles. The number of piperazine rings is 1. The molecule has 1 aromatic heterocycles. The van der Waals surface area contributed by atoms with E-state index in [9.17, 15) is 9.59 Å². The van der Waals surface area contributed by atoms with E-state index < -0.39 is 6.04 Å². The monoisotopic (exact) mass is 474 g/mol. The lowest BCUT2D eigenvalue weighted by Gasteiger charge is -2.42. The average Bonchev–Trinajstić information content (AvgIpc) is 2.87. The zero-order valence-electron chi connectivity index (χ0n) is 20.2. The molecule has 3 heterocycles. The summed E-state index contributed by atoms with van der Waals surface area (Å²) >= 11 is 0. The van der Waals surface area contributed by atoms with Crippen LogP contribution in [0.5, 0.6) is 5.75 Å². The third kappa shape index (κ3) is 4.51. The van der Waals surface area contributed by atoms with E-state index in [0.717, 1.165) is 10.9 Å². The number of ether oxygens (including phenoxy) is 1. The van der Waals surface area contributed by atoms with Crippen molar-refractivity contribution in [2.45, 2.75) is 32.6 Å². The summed E-state index contributed by atoms with van der Waals surface area (Å²) in [6.07, 6.45) is -0.366. The molecule has 2 N–H and O–H groups in total. The molecular weight excluding hydrogens is 444 g/mol. The number of anilines is 1. The summed E-state index contributed by atoms with van der Waals surface area (Å²) in [4.78, 5) is 40.3. The van der Waals surface area contributed by atoms with Gasteiger partial charge in [-0.2, -0.15) is 0 Å². The lowest BCUT2D eigenvalue weighted by Crippen LogP contribution is -2.63. The van der Waals surface area contributed by atoms with Gasteiger partial charge >= 0.3 is 0 Å². The summed E-state index contributed by atoms with van der Waals surface area (Å²) in [6, 6.07) is 14.5. The molecule has 2 atom stereocenters. The number of nitrogens with zero attached hydrogens (tertiary/aromatic N) is 4. The van der Waals surface area contributed by atoms with Crippen LogP contribution < -0.4 is 15.4 Å². The molecule has 2 bridgehead atoms. The van der Waals surface area contributed by atoms with E-state index >= 15 is 0 Å². The number of carbonyl (C=O) groups is 2. The van der Waals surface area contributed by atoms with Crippen molar-refractivity contribution in [3.05, 3.63) is 59.9 Å². The maximum Gasteiger partial charge on any atom is 0.257 e. The molecule has 2 amide bonds. The average molecular weight is 475 g/mol. The third-order valence-corrected chi connectivity index (χ3v) is 6.66. The molecule has 1 saturated heterocycles. The smallest absolute Gasteiger partial charge is 0.257 e. The second-order valence-electron chi connectivity index (χ2n) is 9.32. The van der Waals surface area contributed by atoms with Crippen molar-refractivity contribution in [1.82, 2.24) is 25.1 Å². The normalized spacial score (nSPS) is 20.7. The molecule has 1 unspecified atom stereocenters. The SMILES string of the molecule is COc1ccccc1C(=O)N1CCN2Cc3nc(c4ccccc4n3)N[C@@H](C(C)C)C(=O)NC2C1. The highest BCUT2D eigenvalue weighted by Crippen LogP contribution is 2.26. The maximum absolute atomic E-state index is 13.4. The van der Waals surface area contributed by atoms with Crippen LogP contribution in [-0.2, 0) is 11.3 Å². The van der Waals surface area contributed by atoms with Crippen LogP contribution in [0.4, 0.5) is 5.82 Å². The lowest BCUT2D eigenvalue weighted by molar-refractivity contribution is -0.125.